The van der Waals surface area contributed by atoms with Crippen LogP contribution in [0.3, 0.4) is 0 Å². The molecule has 1 aliphatic heterocycles. The van der Waals surface area contributed by atoms with Crippen molar-refractivity contribution in [2.45, 2.75) is 19.8 Å². The van der Waals surface area contributed by atoms with E-state index in [1.165, 1.54) is 12.8 Å². The van der Waals surface area contributed by atoms with Gasteiger partial charge in [0.05, 0.1) is 11.3 Å². The molecule has 0 unspecified atom stereocenters. The second kappa shape index (κ2) is 5.70. The first kappa shape index (κ1) is 11.9. The Morgan fingerprint density at radius 1 is 1.41 bits per heavy atom. The minimum absolute atomic E-state index is 0.726. The molecule has 2 N–H and O–H groups in total. The van der Waals surface area contributed by atoms with Crippen LogP contribution in [0.2, 0.25) is 0 Å². The van der Waals surface area contributed by atoms with Gasteiger partial charge >= 0.3 is 0 Å². The Labute approximate surface area is 103 Å². The zero-order valence-electron chi connectivity index (χ0n) is 10.3. The minimum Gasteiger partial charge on any atom is -0.384 e. The van der Waals surface area contributed by atoms with E-state index in [0.29, 0.717) is 0 Å². The third-order valence-corrected chi connectivity index (χ3v) is 3.34. The molecule has 0 radical (unpaired) electrons. The van der Waals surface area contributed by atoms with E-state index in [4.69, 9.17) is 5.26 Å². The molecule has 0 spiro atoms. The van der Waals surface area contributed by atoms with Gasteiger partial charge < -0.3 is 10.6 Å². The van der Waals surface area contributed by atoms with Crippen molar-refractivity contribution >= 4 is 5.69 Å². The first-order valence-corrected chi connectivity index (χ1v) is 6.25. The van der Waals surface area contributed by atoms with Gasteiger partial charge in [-0.1, -0.05) is 6.07 Å². The van der Waals surface area contributed by atoms with E-state index in [2.05, 4.69) is 16.7 Å². The van der Waals surface area contributed by atoms with Gasteiger partial charge in [0.15, 0.2) is 0 Å². The summed E-state index contributed by atoms with van der Waals surface area (Å²) >= 11 is 0. The van der Waals surface area contributed by atoms with Crippen LogP contribution in [0.5, 0.6) is 0 Å². The Bertz CT molecular complexity index is 414. The number of nitrogens with one attached hydrogen (secondary N) is 2. The molecule has 90 valence electrons. The SMILES string of the molecule is Cc1ccc(NCC2CCNCC2)c(C#N)c1. The molecule has 3 nitrogen and oxygen atoms in total. The lowest BCUT2D eigenvalue weighted by Gasteiger charge is -2.23. The van der Waals surface area contributed by atoms with Crippen LogP contribution in [0.15, 0.2) is 18.2 Å². The van der Waals surface area contributed by atoms with Crippen LogP contribution >= 0.6 is 0 Å². The molecule has 17 heavy (non-hydrogen) atoms. The molecule has 0 aliphatic carbocycles. The van der Waals surface area contributed by atoms with Gasteiger partial charge in [-0.05, 0) is 56.5 Å². The molecule has 1 aromatic rings. The highest BCUT2D eigenvalue weighted by Gasteiger charge is 2.13. The fraction of sp³-hybridized carbons (Fsp3) is 0.500. The van der Waals surface area contributed by atoms with Gasteiger partial charge in [0, 0.05) is 6.54 Å². The molecule has 3 heteroatoms. The third-order valence-electron chi connectivity index (χ3n) is 3.34. The maximum atomic E-state index is 9.08. The summed E-state index contributed by atoms with van der Waals surface area (Å²) in [6.45, 7) is 5.22. The monoisotopic (exact) mass is 229 g/mol. The summed E-state index contributed by atoms with van der Waals surface area (Å²) in [4.78, 5) is 0. The van der Waals surface area contributed by atoms with Gasteiger partial charge in [-0.15, -0.1) is 0 Å². The molecule has 1 saturated heterocycles. The Morgan fingerprint density at radius 2 is 2.18 bits per heavy atom. The normalized spacial score (nSPS) is 16.5. The fourth-order valence-electron chi connectivity index (χ4n) is 2.24. The maximum absolute atomic E-state index is 9.08. The second-order valence-corrected chi connectivity index (χ2v) is 4.74. The smallest absolute Gasteiger partial charge is 0.101 e. The molecule has 1 fully saturated rings. The molecule has 0 saturated carbocycles. The fourth-order valence-corrected chi connectivity index (χ4v) is 2.24. The predicted molar refractivity (Wildman–Crippen MR) is 70.0 cm³/mol. The lowest BCUT2D eigenvalue weighted by Crippen LogP contribution is -2.31. The van der Waals surface area contributed by atoms with E-state index < -0.39 is 0 Å². The van der Waals surface area contributed by atoms with E-state index in [1.807, 2.05) is 25.1 Å². The van der Waals surface area contributed by atoms with Crippen molar-refractivity contribution in [1.82, 2.24) is 5.32 Å². The number of aryl methyl sites for hydroxylation is 1. The van der Waals surface area contributed by atoms with Crippen LogP contribution in [0.1, 0.15) is 24.0 Å². The molecule has 0 amide bonds. The van der Waals surface area contributed by atoms with Crippen molar-refractivity contribution in [1.29, 1.82) is 5.26 Å². The summed E-state index contributed by atoms with van der Waals surface area (Å²) in [7, 11) is 0. The molecule has 0 atom stereocenters. The number of benzene rings is 1. The predicted octanol–water partition coefficient (Wildman–Crippen LogP) is 2.28. The lowest BCUT2D eigenvalue weighted by molar-refractivity contribution is 0.390. The number of nitrogens with zero attached hydrogens (tertiary/aromatic N) is 1. The summed E-state index contributed by atoms with van der Waals surface area (Å²) in [5, 5.41) is 15.9. The van der Waals surface area contributed by atoms with Crippen molar-refractivity contribution in [3.05, 3.63) is 29.3 Å². The van der Waals surface area contributed by atoms with Crippen LogP contribution in [0.4, 0.5) is 5.69 Å². The van der Waals surface area contributed by atoms with Gasteiger partial charge in [-0.3, -0.25) is 0 Å². The molecule has 2 rings (SSSR count). The van der Waals surface area contributed by atoms with Crippen molar-refractivity contribution in [2.24, 2.45) is 5.92 Å². The third kappa shape index (κ3) is 3.21. The summed E-state index contributed by atoms with van der Waals surface area (Å²) in [6, 6.07) is 8.24. The van der Waals surface area contributed by atoms with Gasteiger partial charge in [0.2, 0.25) is 0 Å². The van der Waals surface area contributed by atoms with Gasteiger partial charge in [0.25, 0.3) is 0 Å². The summed E-state index contributed by atoms with van der Waals surface area (Å²) in [5.41, 5.74) is 2.85. The highest BCUT2D eigenvalue weighted by atomic mass is 14.9. The second-order valence-electron chi connectivity index (χ2n) is 4.74. The molecular formula is C14H19N3. The quantitative estimate of drug-likeness (QED) is 0.836. The Balaban J connectivity index is 1.96. The Morgan fingerprint density at radius 3 is 2.88 bits per heavy atom. The molecular weight excluding hydrogens is 210 g/mol. The van der Waals surface area contributed by atoms with Crippen molar-refractivity contribution in [3.8, 4) is 6.07 Å². The standard InChI is InChI=1S/C14H19N3/c1-11-2-3-14(13(8-11)9-15)17-10-12-4-6-16-7-5-12/h2-3,8,12,16-17H,4-7,10H2,1H3. The number of piperidine rings is 1. The highest BCUT2D eigenvalue weighted by Crippen LogP contribution is 2.18. The van der Waals surface area contributed by atoms with E-state index >= 15 is 0 Å². The van der Waals surface area contributed by atoms with Crippen LogP contribution in [0, 0.1) is 24.2 Å². The Kier molecular flexibility index (Phi) is 4.00. The Hall–Kier alpha value is -1.53. The number of nitriles is 1. The first-order chi connectivity index (χ1) is 8.29. The van der Waals surface area contributed by atoms with E-state index in [9.17, 15) is 0 Å². The zero-order valence-corrected chi connectivity index (χ0v) is 10.3. The van der Waals surface area contributed by atoms with Crippen LogP contribution in [-0.4, -0.2) is 19.6 Å². The first-order valence-electron chi connectivity index (χ1n) is 6.25. The van der Waals surface area contributed by atoms with Crippen molar-refractivity contribution < 1.29 is 0 Å². The molecule has 0 bridgehead atoms. The lowest BCUT2D eigenvalue weighted by atomic mass is 9.98. The maximum Gasteiger partial charge on any atom is 0.101 e. The molecule has 1 aliphatic rings. The van der Waals surface area contributed by atoms with E-state index in [0.717, 1.165) is 42.4 Å². The number of hydrogen-bond acceptors (Lipinski definition) is 3. The topological polar surface area (TPSA) is 47.8 Å². The van der Waals surface area contributed by atoms with Gasteiger partial charge in [0.1, 0.15) is 6.07 Å². The number of anilines is 1. The van der Waals surface area contributed by atoms with Crippen LogP contribution in [-0.2, 0) is 0 Å². The van der Waals surface area contributed by atoms with Gasteiger partial charge in [-0.25, -0.2) is 0 Å². The summed E-state index contributed by atoms with van der Waals surface area (Å²) in [6.07, 6.45) is 2.45. The van der Waals surface area contributed by atoms with Gasteiger partial charge in [-0.2, -0.15) is 5.26 Å². The molecule has 1 aromatic carbocycles. The van der Waals surface area contributed by atoms with E-state index in [-0.39, 0.29) is 0 Å². The van der Waals surface area contributed by atoms with Crippen molar-refractivity contribution in [3.63, 3.8) is 0 Å². The average Bonchev–Trinajstić information content (AvgIpc) is 2.38. The molecule has 0 aromatic heterocycles. The van der Waals surface area contributed by atoms with E-state index in [1.54, 1.807) is 0 Å². The number of hydrogen-bond donors (Lipinski definition) is 2. The van der Waals surface area contributed by atoms with Crippen molar-refractivity contribution in [2.75, 3.05) is 25.0 Å². The average molecular weight is 229 g/mol. The minimum atomic E-state index is 0.726. The molecule has 1 heterocycles. The summed E-state index contributed by atoms with van der Waals surface area (Å²) < 4.78 is 0. The highest BCUT2D eigenvalue weighted by molar-refractivity contribution is 5.58. The van der Waals surface area contributed by atoms with Crippen LogP contribution in [0.25, 0.3) is 0 Å². The zero-order chi connectivity index (χ0) is 12.1. The van der Waals surface area contributed by atoms with Crippen LogP contribution < -0.4 is 10.6 Å². The summed E-state index contributed by atoms with van der Waals surface area (Å²) in [5.74, 6) is 0.726. The largest absolute Gasteiger partial charge is 0.384 e. The number of rotatable bonds is 3.